The highest BCUT2D eigenvalue weighted by molar-refractivity contribution is 6.16. The van der Waals surface area contributed by atoms with Crippen molar-refractivity contribution in [2.24, 2.45) is 11.1 Å². The van der Waals surface area contributed by atoms with Crippen molar-refractivity contribution < 1.29 is 42.1 Å². The molecule has 1 saturated carbocycles. The average Bonchev–Trinajstić information content (AvgIpc) is 3.82. The van der Waals surface area contributed by atoms with Gasteiger partial charge in [-0.15, -0.1) is 0 Å². The van der Waals surface area contributed by atoms with Gasteiger partial charge < -0.3 is 29.4 Å². The standard InChI is InChI=1S/C31H27F2N3O7/c1-39-12-13-40-25-17-22-26(28-27(25)41-14-15-42-28)24(8-11-35-22)43-23-7-6-20(16-21(23)33)36(19-4-2-18(32)3-5-19)30(38)31(9-10-31)29(34)37/h2-8,11,16-17H,9-10,12-15H2,1H3,(H2,34,37). The minimum absolute atomic E-state index is 0.112. The van der Waals surface area contributed by atoms with Crippen molar-refractivity contribution in [1.82, 2.24) is 4.98 Å². The van der Waals surface area contributed by atoms with Crippen LogP contribution in [0.25, 0.3) is 10.9 Å². The van der Waals surface area contributed by atoms with Crippen LogP contribution in [0.1, 0.15) is 12.8 Å². The molecule has 0 saturated heterocycles. The number of fused-ring (bicyclic) bond motifs is 3. The van der Waals surface area contributed by atoms with Crippen LogP contribution in [0.3, 0.4) is 0 Å². The number of primary amides is 1. The van der Waals surface area contributed by atoms with Crippen molar-refractivity contribution in [2.75, 3.05) is 38.4 Å². The molecule has 43 heavy (non-hydrogen) atoms. The first-order valence-corrected chi connectivity index (χ1v) is 13.5. The first-order valence-electron chi connectivity index (χ1n) is 13.5. The fourth-order valence-electron chi connectivity index (χ4n) is 4.91. The lowest BCUT2D eigenvalue weighted by Gasteiger charge is -2.27. The monoisotopic (exact) mass is 591 g/mol. The summed E-state index contributed by atoms with van der Waals surface area (Å²) in [6.07, 6.45) is 2.05. The lowest BCUT2D eigenvalue weighted by atomic mass is 10.0. The second kappa shape index (κ2) is 11.4. The molecule has 1 fully saturated rings. The Balaban J connectivity index is 1.36. The molecule has 222 valence electrons. The lowest BCUT2D eigenvalue weighted by molar-refractivity contribution is -0.133. The second-order valence-electron chi connectivity index (χ2n) is 10.1. The number of hydrogen-bond acceptors (Lipinski definition) is 8. The molecule has 1 aromatic heterocycles. The summed E-state index contributed by atoms with van der Waals surface area (Å²) in [4.78, 5) is 31.3. The average molecular weight is 592 g/mol. The van der Waals surface area contributed by atoms with E-state index in [9.17, 15) is 14.0 Å². The fraction of sp³-hybridized carbons (Fsp3) is 0.258. The van der Waals surface area contributed by atoms with Crippen LogP contribution in [0, 0.1) is 17.0 Å². The first kappa shape index (κ1) is 28.2. The summed E-state index contributed by atoms with van der Waals surface area (Å²) < 4.78 is 58.0. The third-order valence-corrected chi connectivity index (χ3v) is 7.30. The van der Waals surface area contributed by atoms with E-state index < -0.39 is 28.9 Å². The lowest BCUT2D eigenvalue weighted by Crippen LogP contribution is -2.41. The number of pyridine rings is 1. The number of nitrogens with zero attached hydrogens (tertiary/aromatic N) is 2. The minimum Gasteiger partial charge on any atom is -0.487 e. The smallest absolute Gasteiger partial charge is 0.247 e. The molecule has 6 rings (SSSR count). The Morgan fingerprint density at radius 2 is 1.65 bits per heavy atom. The van der Waals surface area contributed by atoms with Crippen molar-refractivity contribution in [3.63, 3.8) is 0 Å². The van der Waals surface area contributed by atoms with Crippen LogP contribution in [0.15, 0.2) is 60.8 Å². The number of amides is 2. The van der Waals surface area contributed by atoms with Gasteiger partial charge in [-0.2, -0.15) is 0 Å². The number of hydrogen-bond donors (Lipinski definition) is 1. The number of halogens is 2. The van der Waals surface area contributed by atoms with Gasteiger partial charge in [0.15, 0.2) is 23.1 Å². The Morgan fingerprint density at radius 1 is 0.930 bits per heavy atom. The van der Waals surface area contributed by atoms with E-state index >= 15 is 4.39 Å². The Labute approximate surface area is 244 Å². The highest BCUT2D eigenvalue weighted by Crippen LogP contribution is 2.50. The molecule has 2 heterocycles. The fourth-order valence-corrected chi connectivity index (χ4v) is 4.91. The SMILES string of the molecule is COCCOc1cc2nccc(Oc3ccc(N(C(=O)C4(C(N)=O)CC4)c4ccc(F)cc4)cc3F)c2c2c1OCCO2. The predicted octanol–water partition coefficient (Wildman–Crippen LogP) is 5.03. The van der Waals surface area contributed by atoms with Crippen molar-refractivity contribution in [1.29, 1.82) is 0 Å². The van der Waals surface area contributed by atoms with Crippen molar-refractivity contribution in [3.05, 3.63) is 72.4 Å². The molecule has 10 nitrogen and oxygen atoms in total. The van der Waals surface area contributed by atoms with E-state index in [0.717, 1.165) is 6.07 Å². The molecule has 0 spiro atoms. The summed E-state index contributed by atoms with van der Waals surface area (Å²) in [5, 5.41) is 0.458. The van der Waals surface area contributed by atoms with Gasteiger partial charge in [-0.05, 0) is 55.3 Å². The van der Waals surface area contributed by atoms with E-state index in [2.05, 4.69) is 4.98 Å². The Kier molecular flexibility index (Phi) is 7.45. The summed E-state index contributed by atoms with van der Waals surface area (Å²) in [5.41, 5.74) is 4.98. The molecule has 2 N–H and O–H groups in total. The summed E-state index contributed by atoms with van der Waals surface area (Å²) in [6, 6.07) is 12.3. The largest absolute Gasteiger partial charge is 0.487 e. The van der Waals surface area contributed by atoms with E-state index in [-0.39, 0.29) is 48.9 Å². The van der Waals surface area contributed by atoms with Crippen LogP contribution < -0.4 is 29.6 Å². The molecule has 3 aromatic carbocycles. The quantitative estimate of drug-likeness (QED) is 0.201. The minimum atomic E-state index is -1.40. The van der Waals surface area contributed by atoms with Gasteiger partial charge in [-0.3, -0.25) is 19.5 Å². The molecule has 1 aliphatic carbocycles. The van der Waals surface area contributed by atoms with Crippen molar-refractivity contribution >= 4 is 34.1 Å². The molecule has 0 bridgehead atoms. The highest BCUT2D eigenvalue weighted by atomic mass is 19.1. The number of ether oxygens (including phenoxy) is 5. The summed E-state index contributed by atoms with van der Waals surface area (Å²) in [6.45, 7) is 1.24. The van der Waals surface area contributed by atoms with Gasteiger partial charge in [-0.1, -0.05) is 0 Å². The van der Waals surface area contributed by atoms with Gasteiger partial charge in [0.05, 0.1) is 23.2 Å². The zero-order chi connectivity index (χ0) is 30.1. The molecule has 0 radical (unpaired) electrons. The van der Waals surface area contributed by atoms with Gasteiger partial charge in [0.25, 0.3) is 0 Å². The normalized spacial score (nSPS) is 14.7. The van der Waals surface area contributed by atoms with Crippen LogP contribution in [0.5, 0.6) is 28.7 Å². The highest BCUT2D eigenvalue weighted by Gasteiger charge is 2.57. The maximum atomic E-state index is 15.7. The van der Waals surface area contributed by atoms with Gasteiger partial charge in [0, 0.05) is 31.1 Å². The summed E-state index contributed by atoms with van der Waals surface area (Å²) in [5.74, 6) is -1.44. The maximum absolute atomic E-state index is 15.7. The van der Waals surface area contributed by atoms with Crippen LogP contribution in [0.4, 0.5) is 20.2 Å². The van der Waals surface area contributed by atoms with Gasteiger partial charge in [0.2, 0.25) is 17.6 Å². The van der Waals surface area contributed by atoms with E-state index in [1.165, 1.54) is 47.5 Å². The first-order chi connectivity index (χ1) is 20.8. The Hall–Kier alpha value is -4.97. The van der Waals surface area contributed by atoms with E-state index in [1.807, 2.05) is 0 Å². The molecular formula is C31H27F2N3O7. The number of carbonyl (C=O) groups excluding carboxylic acids is 2. The molecule has 1 aliphatic heterocycles. The molecule has 12 heteroatoms. The van der Waals surface area contributed by atoms with Gasteiger partial charge in [-0.25, -0.2) is 8.78 Å². The topological polar surface area (TPSA) is 122 Å². The van der Waals surface area contributed by atoms with Crippen LogP contribution in [-0.2, 0) is 14.3 Å². The number of aromatic nitrogens is 1. The molecule has 4 aromatic rings. The number of benzene rings is 3. The Morgan fingerprint density at radius 3 is 2.33 bits per heavy atom. The molecule has 0 unspecified atom stereocenters. The van der Waals surface area contributed by atoms with Gasteiger partial charge >= 0.3 is 0 Å². The molecule has 2 aliphatic rings. The maximum Gasteiger partial charge on any atom is 0.247 e. The molecule has 2 amide bonds. The molecular weight excluding hydrogens is 564 g/mol. The third kappa shape index (κ3) is 5.25. The molecule has 0 atom stereocenters. The van der Waals surface area contributed by atoms with Crippen molar-refractivity contribution in [2.45, 2.75) is 12.8 Å². The van der Waals surface area contributed by atoms with Crippen LogP contribution in [-0.4, -0.2) is 50.3 Å². The number of methoxy groups -OCH3 is 1. The zero-order valence-corrected chi connectivity index (χ0v) is 23.1. The third-order valence-electron chi connectivity index (χ3n) is 7.30. The number of carbonyl (C=O) groups is 2. The van der Waals surface area contributed by atoms with E-state index in [1.54, 1.807) is 19.2 Å². The Bertz CT molecular complexity index is 1710. The number of rotatable bonds is 10. The van der Waals surface area contributed by atoms with E-state index in [4.69, 9.17) is 29.4 Å². The number of nitrogens with two attached hydrogens (primary N) is 1. The van der Waals surface area contributed by atoms with Crippen LogP contribution >= 0.6 is 0 Å². The zero-order valence-electron chi connectivity index (χ0n) is 23.1. The van der Waals surface area contributed by atoms with Gasteiger partial charge in [0.1, 0.15) is 36.8 Å². The summed E-state index contributed by atoms with van der Waals surface area (Å²) in [7, 11) is 1.57. The predicted molar refractivity (Wildman–Crippen MR) is 151 cm³/mol. The van der Waals surface area contributed by atoms with Crippen molar-refractivity contribution in [3.8, 4) is 28.7 Å². The second-order valence-corrected chi connectivity index (χ2v) is 10.1. The summed E-state index contributed by atoms with van der Waals surface area (Å²) >= 11 is 0. The van der Waals surface area contributed by atoms with Crippen LogP contribution in [0.2, 0.25) is 0 Å². The number of anilines is 2. The van der Waals surface area contributed by atoms with E-state index in [0.29, 0.717) is 41.4 Å².